The van der Waals surface area contributed by atoms with Gasteiger partial charge in [-0.1, -0.05) is 178 Å². The first-order valence-corrected chi connectivity index (χ1v) is 20.8. The number of rotatable bonds is 2. The van der Waals surface area contributed by atoms with Crippen molar-refractivity contribution in [2.75, 3.05) is 0 Å². The van der Waals surface area contributed by atoms with Gasteiger partial charge in [0.2, 0.25) is 0 Å². The molecule has 3 atom stereocenters. The molecule has 56 heavy (non-hydrogen) atoms. The lowest BCUT2D eigenvalue weighted by Gasteiger charge is -2.32. The second kappa shape index (κ2) is 15.0. The molecule has 0 amide bonds. The summed E-state index contributed by atoms with van der Waals surface area (Å²) in [5.41, 5.74) is 19.7. The third-order valence-electron chi connectivity index (χ3n) is 12.4. The minimum Gasteiger partial charge on any atom is -0.312 e. The number of aryl methyl sites for hydroxylation is 1. The van der Waals surface area contributed by atoms with Crippen molar-refractivity contribution in [1.29, 1.82) is 0 Å². The van der Waals surface area contributed by atoms with Gasteiger partial charge in [-0.25, -0.2) is 0 Å². The third kappa shape index (κ3) is 5.76. The lowest BCUT2D eigenvalue weighted by atomic mass is 9.72. The van der Waals surface area contributed by atoms with Gasteiger partial charge in [0.15, 0.2) is 0 Å². The fourth-order valence-electron chi connectivity index (χ4n) is 10.0. The molecular formula is C55H51N. The minimum absolute atomic E-state index is 0.219. The maximum Gasteiger partial charge on any atom is 0.0616 e. The summed E-state index contributed by atoms with van der Waals surface area (Å²) < 4.78 is 2.63. The van der Waals surface area contributed by atoms with E-state index in [-0.39, 0.29) is 11.8 Å². The highest BCUT2D eigenvalue weighted by molar-refractivity contribution is 6.08. The zero-order chi connectivity index (χ0) is 38.3. The van der Waals surface area contributed by atoms with Crippen LogP contribution in [0.4, 0.5) is 0 Å². The van der Waals surface area contributed by atoms with Crippen molar-refractivity contribution in [3.63, 3.8) is 0 Å². The zero-order valence-electron chi connectivity index (χ0n) is 33.4. The number of benzene rings is 5. The zero-order valence-corrected chi connectivity index (χ0v) is 33.4. The second-order valence-electron chi connectivity index (χ2n) is 15.4. The van der Waals surface area contributed by atoms with Gasteiger partial charge in [0.1, 0.15) is 0 Å². The second-order valence-corrected chi connectivity index (χ2v) is 15.4. The van der Waals surface area contributed by atoms with Crippen LogP contribution in [-0.4, -0.2) is 4.57 Å². The minimum atomic E-state index is 0.219. The van der Waals surface area contributed by atoms with Gasteiger partial charge in [0.05, 0.1) is 11.2 Å². The van der Waals surface area contributed by atoms with Crippen molar-refractivity contribution in [3.05, 3.63) is 208 Å². The van der Waals surface area contributed by atoms with Crippen molar-refractivity contribution < 1.29 is 0 Å². The Bertz CT molecular complexity index is 2720. The highest BCUT2D eigenvalue weighted by Crippen LogP contribution is 2.55. The fourth-order valence-corrected chi connectivity index (χ4v) is 10.0. The Hall–Kier alpha value is -5.92. The Kier molecular flexibility index (Phi) is 9.55. The van der Waals surface area contributed by atoms with Gasteiger partial charge >= 0.3 is 0 Å². The van der Waals surface area contributed by atoms with Gasteiger partial charge in [0, 0.05) is 46.4 Å². The average Bonchev–Trinajstić information content (AvgIpc) is 3.33. The molecule has 1 aliphatic heterocycles. The van der Waals surface area contributed by atoms with Crippen molar-refractivity contribution in [2.45, 2.75) is 65.7 Å². The quantitative estimate of drug-likeness (QED) is 0.167. The van der Waals surface area contributed by atoms with E-state index in [1.165, 1.54) is 88.7 Å². The van der Waals surface area contributed by atoms with E-state index >= 15 is 0 Å². The lowest BCUT2D eigenvalue weighted by Crippen LogP contribution is -2.17. The lowest BCUT2D eigenvalue weighted by molar-refractivity contribution is 0.675. The summed E-state index contributed by atoms with van der Waals surface area (Å²) in [6, 6.07) is 37.6. The van der Waals surface area contributed by atoms with Gasteiger partial charge < -0.3 is 4.57 Å². The van der Waals surface area contributed by atoms with Crippen molar-refractivity contribution >= 4 is 39.0 Å². The van der Waals surface area contributed by atoms with Gasteiger partial charge in [-0.3, -0.25) is 0 Å². The molecule has 0 radical (unpaired) electrons. The number of para-hydroxylation sites is 1. The molecule has 6 aromatic rings. The summed E-state index contributed by atoms with van der Waals surface area (Å²) >= 11 is 0. The van der Waals surface area contributed by atoms with Crippen LogP contribution < -0.4 is 0 Å². The largest absolute Gasteiger partial charge is 0.312 e. The van der Waals surface area contributed by atoms with Crippen LogP contribution in [0.3, 0.4) is 0 Å². The normalized spacial score (nSPS) is 21.6. The van der Waals surface area contributed by atoms with Crippen molar-refractivity contribution in [1.82, 2.24) is 4.57 Å². The molecule has 0 saturated carbocycles. The molecule has 2 bridgehead atoms. The summed E-state index contributed by atoms with van der Waals surface area (Å²) in [7, 11) is 0. The van der Waals surface area contributed by atoms with Gasteiger partial charge in [-0.05, 0) is 94.1 Å². The average molecular weight is 726 g/mol. The summed E-state index contributed by atoms with van der Waals surface area (Å²) in [5.74, 6) is 0.867. The molecule has 0 N–H and O–H groups in total. The molecule has 4 aliphatic carbocycles. The smallest absolute Gasteiger partial charge is 0.0616 e. The molecule has 1 nitrogen and oxygen atoms in total. The maximum atomic E-state index is 2.65. The molecule has 276 valence electrons. The van der Waals surface area contributed by atoms with Crippen LogP contribution in [0.2, 0.25) is 0 Å². The number of hydrogen-bond donors (Lipinski definition) is 0. The van der Waals surface area contributed by atoms with Crippen LogP contribution in [0.15, 0.2) is 169 Å². The first kappa shape index (κ1) is 35.8. The van der Waals surface area contributed by atoms with E-state index in [1.54, 1.807) is 5.56 Å². The summed E-state index contributed by atoms with van der Waals surface area (Å²) in [6.07, 6.45) is 27.3. The van der Waals surface area contributed by atoms with E-state index < -0.39 is 0 Å². The number of aromatic nitrogens is 1. The number of hydrogen-bond acceptors (Lipinski definition) is 0. The molecule has 0 spiro atoms. The number of fused-ring (bicyclic) bond motifs is 11. The molecule has 1 aromatic heterocycles. The standard InChI is InChI=1S/C46H37N.C7H8.C2H6/c1-3-28-23-24-30(25-29(4-2)33-14-6-5-13-32(28)33)34-18-11-20-39-41(34)26-31-27-42-44(39)37-17-8-7-15-35(37)38-19-12-21-40-36-16-9-10-22-43(36)47(31)46(40)45(38)42;1-7-5-3-2-4-6-7;1-2/h4-18,20-26,28,39,41H,3,19,27H2,1-2H3;2-6H,1H3;1-2H3/b24-23-,29-4-,30-25+;;/t28-,39?,41?;;/m0../s1. The van der Waals surface area contributed by atoms with E-state index in [0.29, 0.717) is 5.92 Å². The summed E-state index contributed by atoms with van der Waals surface area (Å²) in [5, 5.41) is 4.19. The molecule has 11 rings (SSSR count). The van der Waals surface area contributed by atoms with E-state index in [9.17, 15) is 0 Å². The van der Waals surface area contributed by atoms with Crippen molar-refractivity contribution in [3.8, 4) is 11.3 Å². The molecular weight excluding hydrogens is 675 g/mol. The van der Waals surface area contributed by atoms with Crippen LogP contribution in [0.25, 0.3) is 50.3 Å². The molecule has 2 heterocycles. The molecule has 0 fully saturated rings. The van der Waals surface area contributed by atoms with E-state index in [0.717, 1.165) is 19.3 Å². The third-order valence-corrected chi connectivity index (χ3v) is 12.4. The Balaban J connectivity index is 0.000000409. The topological polar surface area (TPSA) is 4.93 Å². The van der Waals surface area contributed by atoms with Gasteiger partial charge in [-0.2, -0.15) is 0 Å². The van der Waals surface area contributed by atoms with Gasteiger partial charge in [-0.15, -0.1) is 0 Å². The molecule has 1 heteroatoms. The van der Waals surface area contributed by atoms with Crippen LogP contribution in [0.1, 0.15) is 84.9 Å². The first-order valence-electron chi connectivity index (χ1n) is 20.8. The predicted molar refractivity (Wildman–Crippen MR) is 242 cm³/mol. The van der Waals surface area contributed by atoms with E-state index in [1.807, 2.05) is 32.0 Å². The molecule has 5 aromatic carbocycles. The Labute approximate surface area is 333 Å². The van der Waals surface area contributed by atoms with Crippen LogP contribution in [0.5, 0.6) is 0 Å². The highest BCUT2D eigenvalue weighted by atomic mass is 15.0. The molecule has 0 saturated heterocycles. The fraction of sp³-hybridized carbons (Fsp3) is 0.200. The summed E-state index contributed by atoms with van der Waals surface area (Å²) in [4.78, 5) is 0. The Morgan fingerprint density at radius 2 is 1.48 bits per heavy atom. The SMILES string of the molecule is C/C=C1/C=C(C2=CC=CC3c4c5c6c(c7ccccc47)CC=Cc4c-6n(c6ccccc46)C(=CC23)C5)\C=C/[C@H](CC)c2ccccc21.CC.Cc1ccccc1. The molecule has 5 aliphatic rings. The summed E-state index contributed by atoms with van der Waals surface area (Å²) in [6.45, 7) is 10.6. The monoisotopic (exact) mass is 725 g/mol. The maximum absolute atomic E-state index is 2.65. The van der Waals surface area contributed by atoms with Gasteiger partial charge in [0.25, 0.3) is 0 Å². The van der Waals surface area contributed by atoms with Crippen LogP contribution in [-0.2, 0) is 12.8 Å². The van der Waals surface area contributed by atoms with E-state index in [4.69, 9.17) is 0 Å². The Morgan fingerprint density at radius 1 is 0.750 bits per heavy atom. The van der Waals surface area contributed by atoms with Crippen LogP contribution >= 0.6 is 0 Å². The highest BCUT2D eigenvalue weighted by Gasteiger charge is 2.39. The van der Waals surface area contributed by atoms with Crippen molar-refractivity contribution in [2.24, 2.45) is 5.92 Å². The predicted octanol–water partition coefficient (Wildman–Crippen LogP) is 14.8. The number of nitrogens with zero attached hydrogens (tertiary/aromatic N) is 1. The van der Waals surface area contributed by atoms with E-state index in [2.05, 4.69) is 171 Å². The Morgan fingerprint density at radius 3 is 2.25 bits per heavy atom. The number of allylic oxidation sites excluding steroid dienone is 13. The van der Waals surface area contributed by atoms with Crippen LogP contribution in [0, 0.1) is 12.8 Å². The first-order chi connectivity index (χ1) is 27.6. The molecule has 2 unspecified atom stereocenters.